The van der Waals surface area contributed by atoms with Gasteiger partial charge in [0.05, 0.1) is 19.7 Å². The van der Waals surface area contributed by atoms with Crippen LogP contribution in [0.1, 0.15) is 28.8 Å². The number of likely N-dealkylation sites (tertiary alicyclic amines) is 1. The first kappa shape index (κ1) is 19.4. The van der Waals surface area contributed by atoms with E-state index >= 15 is 0 Å². The number of nitrogens with zero attached hydrogens (tertiary/aromatic N) is 2. The third-order valence-corrected chi connectivity index (χ3v) is 5.65. The van der Waals surface area contributed by atoms with Crippen molar-refractivity contribution in [1.82, 2.24) is 9.88 Å². The van der Waals surface area contributed by atoms with Gasteiger partial charge in [0.1, 0.15) is 0 Å². The Kier molecular flexibility index (Phi) is 5.76. The van der Waals surface area contributed by atoms with E-state index < -0.39 is 0 Å². The number of methoxy groups -OCH3 is 2. The van der Waals surface area contributed by atoms with Crippen LogP contribution >= 0.6 is 0 Å². The molecule has 1 unspecified atom stereocenters. The zero-order valence-electron chi connectivity index (χ0n) is 16.9. The topological polar surface area (TPSA) is 51.7 Å². The molecule has 0 amide bonds. The van der Waals surface area contributed by atoms with Crippen molar-refractivity contribution < 1.29 is 14.3 Å². The third kappa shape index (κ3) is 4.10. The fraction of sp³-hybridized carbons (Fsp3) is 0.333. The Balaban J connectivity index is 1.50. The van der Waals surface area contributed by atoms with Gasteiger partial charge in [0.25, 0.3) is 0 Å². The van der Waals surface area contributed by atoms with Crippen LogP contribution < -0.4 is 9.47 Å². The standard InChI is InChI=1S/C24H26N2O3/c1-28-21-11-10-18(14-22(21)29-2)24(27)20-9-5-13-26(16-20)15-19-7-3-6-17-8-4-12-25-23(17)19/h3-4,6-8,10-12,14,20H,5,9,13,15-16H2,1-2H3. The molecule has 1 aliphatic rings. The molecule has 1 atom stereocenters. The monoisotopic (exact) mass is 390 g/mol. The van der Waals surface area contributed by atoms with Gasteiger partial charge < -0.3 is 9.47 Å². The lowest BCUT2D eigenvalue weighted by Gasteiger charge is -2.32. The number of benzene rings is 2. The molecule has 1 fully saturated rings. The van der Waals surface area contributed by atoms with Crippen molar-refractivity contribution in [3.63, 3.8) is 0 Å². The Hall–Kier alpha value is -2.92. The Bertz CT molecular complexity index is 1010. The lowest BCUT2D eigenvalue weighted by atomic mass is 9.89. The van der Waals surface area contributed by atoms with Crippen molar-refractivity contribution >= 4 is 16.7 Å². The van der Waals surface area contributed by atoms with Crippen molar-refractivity contribution in [1.29, 1.82) is 0 Å². The van der Waals surface area contributed by atoms with Crippen LogP contribution in [-0.4, -0.2) is 43.0 Å². The summed E-state index contributed by atoms with van der Waals surface area (Å²) < 4.78 is 10.6. The quantitative estimate of drug-likeness (QED) is 0.586. The lowest BCUT2D eigenvalue weighted by molar-refractivity contribution is 0.0811. The van der Waals surface area contributed by atoms with Crippen LogP contribution in [0.5, 0.6) is 11.5 Å². The minimum absolute atomic E-state index is 0.00946. The van der Waals surface area contributed by atoms with E-state index in [4.69, 9.17) is 9.47 Å². The van der Waals surface area contributed by atoms with Crippen LogP contribution in [0.15, 0.2) is 54.7 Å². The van der Waals surface area contributed by atoms with Gasteiger partial charge in [0.2, 0.25) is 0 Å². The second-order valence-corrected chi connectivity index (χ2v) is 7.50. The van der Waals surface area contributed by atoms with Crippen molar-refractivity contribution in [2.24, 2.45) is 5.92 Å². The maximum absolute atomic E-state index is 13.1. The van der Waals surface area contributed by atoms with Gasteiger partial charge in [-0.1, -0.05) is 24.3 Å². The van der Waals surface area contributed by atoms with Crippen molar-refractivity contribution in [2.75, 3.05) is 27.3 Å². The average Bonchev–Trinajstić information content (AvgIpc) is 2.78. The minimum Gasteiger partial charge on any atom is -0.493 e. The van der Waals surface area contributed by atoms with Gasteiger partial charge >= 0.3 is 0 Å². The van der Waals surface area contributed by atoms with Crippen LogP contribution in [0, 0.1) is 5.92 Å². The van der Waals surface area contributed by atoms with E-state index in [1.165, 1.54) is 5.56 Å². The van der Waals surface area contributed by atoms with E-state index in [0.717, 1.165) is 43.4 Å². The van der Waals surface area contributed by atoms with Gasteiger partial charge in [0, 0.05) is 36.2 Å². The highest BCUT2D eigenvalue weighted by atomic mass is 16.5. The minimum atomic E-state index is -0.00946. The molecule has 0 aliphatic carbocycles. The highest BCUT2D eigenvalue weighted by Crippen LogP contribution is 2.30. The Morgan fingerprint density at radius 3 is 2.76 bits per heavy atom. The number of aromatic nitrogens is 1. The summed E-state index contributed by atoms with van der Waals surface area (Å²) in [7, 11) is 3.19. The Morgan fingerprint density at radius 1 is 1.10 bits per heavy atom. The number of hydrogen-bond donors (Lipinski definition) is 0. The molecule has 3 aromatic rings. The van der Waals surface area contributed by atoms with E-state index in [1.54, 1.807) is 26.4 Å². The zero-order valence-corrected chi connectivity index (χ0v) is 16.9. The number of pyridine rings is 1. The fourth-order valence-corrected chi connectivity index (χ4v) is 4.17. The summed E-state index contributed by atoms with van der Waals surface area (Å²) in [5, 5.41) is 1.15. The van der Waals surface area contributed by atoms with E-state index in [2.05, 4.69) is 34.1 Å². The number of piperidine rings is 1. The fourth-order valence-electron chi connectivity index (χ4n) is 4.17. The van der Waals surface area contributed by atoms with Gasteiger partial charge in [-0.2, -0.15) is 0 Å². The summed E-state index contributed by atoms with van der Waals surface area (Å²) in [6.45, 7) is 2.57. The second kappa shape index (κ2) is 8.62. The first-order valence-electron chi connectivity index (χ1n) is 10.0. The van der Waals surface area contributed by atoms with Gasteiger partial charge in [-0.3, -0.25) is 14.7 Å². The largest absolute Gasteiger partial charge is 0.493 e. The van der Waals surface area contributed by atoms with Crippen LogP contribution in [0.4, 0.5) is 0 Å². The number of ether oxygens (including phenoxy) is 2. The van der Waals surface area contributed by atoms with Crippen LogP contribution in [0.2, 0.25) is 0 Å². The van der Waals surface area contributed by atoms with Crippen LogP contribution in [0.3, 0.4) is 0 Å². The van der Waals surface area contributed by atoms with Crippen molar-refractivity contribution in [3.05, 3.63) is 65.9 Å². The third-order valence-electron chi connectivity index (χ3n) is 5.65. The summed E-state index contributed by atoms with van der Waals surface area (Å²) in [6, 6.07) is 15.8. The number of Topliss-reactive ketones (excluding diaryl/α,β-unsaturated/α-hetero) is 1. The molecule has 150 valence electrons. The van der Waals surface area contributed by atoms with E-state index in [1.807, 2.05) is 18.3 Å². The maximum atomic E-state index is 13.1. The first-order valence-corrected chi connectivity index (χ1v) is 10.0. The van der Waals surface area contributed by atoms with Gasteiger partial charge in [-0.15, -0.1) is 0 Å². The molecular formula is C24H26N2O3. The van der Waals surface area contributed by atoms with E-state index in [0.29, 0.717) is 17.1 Å². The summed E-state index contributed by atoms with van der Waals surface area (Å²) in [5.41, 5.74) is 2.94. The smallest absolute Gasteiger partial charge is 0.167 e. The number of carbonyl (C=O) groups is 1. The molecule has 2 heterocycles. The number of para-hydroxylation sites is 1. The van der Waals surface area contributed by atoms with Crippen LogP contribution in [0.25, 0.3) is 10.9 Å². The second-order valence-electron chi connectivity index (χ2n) is 7.50. The number of ketones is 1. The molecule has 29 heavy (non-hydrogen) atoms. The van der Waals surface area contributed by atoms with Gasteiger partial charge in [-0.25, -0.2) is 0 Å². The normalized spacial score (nSPS) is 17.2. The molecule has 5 heteroatoms. The molecule has 1 saturated heterocycles. The zero-order chi connectivity index (χ0) is 20.2. The predicted octanol–water partition coefficient (Wildman–Crippen LogP) is 4.35. The van der Waals surface area contributed by atoms with E-state index in [9.17, 15) is 4.79 Å². The average molecular weight is 390 g/mol. The SMILES string of the molecule is COc1ccc(C(=O)C2CCCN(Cc3cccc4cccnc34)C2)cc1OC. The summed E-state index contributed by atoms with van der Waals surface area (Å²) in [6.07, 6.45) is 3.77. The molecule has 2 aromatic carbocycles. The number of carbonyl (C=O) groups excluding carboxylic acids is 1. The molecular weight excluding hydrogens is 364 g/mol. The highest BCUT2D eigenvalue weighted by molar-refractivity contribution is 5.98. The molecule has 0 radical (unpaired) electrons. The Labute approximate surface area is 171 Å². The van der Waals surface area contributed by atoms with Gasteiger partial charge in [-0.05, 0) is 49.2 Å². The molecule has 0 bridgehead atoms. The van der Waals surface area contributed by atoms with E-state index in [-0.39, 0.29) is 11.7 Å². The number of fused-ring (bicyclic) bond motifs is 1. The highest BCUT2D eigenvalue weighted by Gasteiger charge is 2.27. The maximum Gasteiger partial charge on any atom is 0.167 e. The summed E-state index contributed by atoms with van der Waals surface area (Å²) in [4.78, 5) is 20.1. The Morgan fingerprint density at radius 2 is 1.93 bits per heavy atom. The molecule has 0 saturated carbocycles. The first-order chi connectivity index (χ1) is 14.2. The summed E-state index contributed by atoms with van der Waals surface area (Å²) in [5.74, 6) is 1.39. The molecule has 1 aromatic heterocycles. The van der Waals surface area contributed by atoms with Crippen molar-refractivity contribution in [3.8, 4) is 11.5 Å². The molecule has 0 spiro atoms. The predicted molar refractivity (Wildman–Crippen MR) is 114 cm³/mol. The van der Waals surface area contributed by atoms with Gasteiger partial charge in [0.15, 0.2) is 17.3 Å². The van der Waals surface area contributed by atoms with Crippen molar-refractivity contribution in [2.45, 2.75) is 19.4 Å². The molecule has 4 rings (SSSR count). The lowest BCUT2D eigenvalue weighted by Crippen LogP contribution is -2.38. The molecule has 1 aliphatic heterocycles. The number of hydrogen-bond acceptors (Lipinski definition) is 5. The number of rotatable bonds is 6. The molecule has 5 nitrogen and oxygen atoms in total. The summed E-state index contributed by atoms with van der Waals surface area (Å²) >= 11 is 0. The van der Waals surface area contributed by atoms with Crippen LogP contribution in [-0.2, 0) is 6.54 Å². The molecule has 0 N–H and O–H groups in total.